The number of benzene rings is 1. The number of hydrogen-bond donors (Lipinski definition) is 2. The van der Waals surface area contributed by atoms with E-state index in [-0.39, 0.29) is 21.3 Å². The zero-order valence-corrected chi connectivity index (χ0v) is 19.4. The SMILES string of the molecule is O=C(c1cc(Cc2c[nH]c(=O)c3cc(Cl)c(Cl)n23)ccc1F)N1CC[n+]2c(Br)n[nH]c2C1. The number of nitrogens with one attached hydrogen (secondary N) is 2. The van der Waals surface area contributed by atoms with Gasteiger partial charge in [0.25, 0.3) is 17.3 Å². The van der Waals surface area contributed by atoms with Crippen LogP contribution < -0.4 is 10.1 Å². The molecule has 164 valence electrons. The van der Waals surface area contributed by atoms with Crippen molar-refractivity contribution in [2.75, 3.05) is 6.54 Å². The molecule has 0 unspecified atom stereocenters. The van der Waals surface area contributed by atoms with E-state index in [0.29, 0.717) is 47.6 Å². The number of hydrogen-bond acceptors (Lipinski definition) is 3. The van der Waals surface area contributed by atoms with Crippen molar-refractivity contribution >= 4 is 50.6 Å². The fourth-order valence-corrected chi connectivity index (χ4v) is 4.81. The highest BCUT2D eigenvalue weighted by atomic mass is 79.9. The second-order valence-corrected chi connectivity index (χ2v) is 8.90. The minimum Gasteiger partial charge on any atom is -0.326 e. The molecule has 32 heavy (non-hydrogen) atoms. The summed E-state index contributed by atoms with van der Waals surface area (Å²) in [6, 6.07) is 5.88. The lowest BCUT2D eigenvalue weighted by Crippen LogP contribution is -2.51. The summed E-state index contributed by atoms with van der Waals surface area (Å²) in [4.78, 5) is 29.4. The third-order valence-corrected chi connectivity index (χ3v) is 6.84. The van der Waals surface area contributed by atoms with Gasteiger partial charge in [-0.25, -0.2) is 8.96 Å². The van der Waals surface area contributed by atoms with Crippen LogP contribution in [0.1, 0.15) is 27.4 Å². The van der Waals surface area contributed by atoms with Gasteiger partial charge in [0.2, 0.25) is 0 Å². The van der Waals surface area contributed by atoms with E-state index < -0.39 is 11.7 Å². The number of amides is 1. The maximum absolute atomic E-state index is 14.6. The number of fused-ring (bicyclic) bond motifs is 2. The highest BCUT2D eigenvalue weighted by molar-refractivity contribution is 9.10. The van der Waals surface area contributed by atoms with Crippen LogP contribution in [0.3, 0.4) is 0 Å². The number of rotatable bonds is 3. The van der Waals surface area contributed by atoms with Gasteiger partial charge < -0.3 is 9.88 Å². The van der Waals surface area contributed by atoms with Gasteiger partial charge in [0, 0.05) is 34.2 Å². The van der Waals surface area contributed by atoms with Crippen LogP contribution in [0.2, 0.25) is 10.2 Å². The largest absolute Gasteiger partial charge is 0.344 e. The predicted octanol–water partition coefficient (Wildman–Crippen LogP) is 3.09. The van der Waals surface area contributed by atoms with Crippen LogP contribution in [-0.4, -0.2) is 36.9 Å². The maximum atomic E-state index is 14.6. The summed E-state index contributed by atoms with van der Waals surface area (Å²) >= 11 is 15.7. The standard InChI is InChI=1S/C20H14BrCl2FN6O2/c21-20-27-26-16-9-28(3-4-29(16)20)19(32)12-6-10(1-2-14(12)24)5-11-8-25-18(31)15-7-13(22)17(23)30(11)15/h1-2,6-8H,3-5,9H2,(H,25,31)/p+1. The molecule has 0 bridgehead atoms. The number of halogens is 4. The van der Waals surface area contributed by atoms with Gasteiger partial charge in [0.05, 0.1) is 28.8 Å². The van der Waals surface area contributed by atoms with E-state index >= 15 is 0 Å². The number of aromatic nitrogens is 5. The third-order valence-electron chi connectivity index (χ3n) is 5.48. The minimum absolute atomic E-state index is 0.0214. The fourth-order valence-electron chi connectivity index (χ4n) is 3.89. The van der Waals surface area contributed by atoms with E-state index in [1.54, 1.807) is 15.4 Å². The van der Waals surface area contributed by atoms with Crippen molar-refractivity contribution in [1.82, 2.24) is 24.5 Å². The van der Waals surface area contributed by atoms with Gasteiger partial charge in [0.1, 0.15) is 23.0 Å². The Morgan fingerprint density at radius 2 is 2.12 bits per heavy atom. The Labute approximate surface area is 198 Å². The monoisotopic (exact) mass is 539 g/mol. The van der Waals surface area contributed by atoms with Gasteiger partial charge >= 0.3 is 4.73 Å². The van der Waals surface area contributed by atoms with Crippen LogP contribution >= 0.6 is 39.1 Å². The first-order valence-corrected chi connectivity index (χ1v) is 11.2. The number of aromatic amines is 2. The minimum atomic E-state index is -0.600. The predicted molar refractivity (Wildman–Crippen MR) is 118 cm³/mol. The highest BCUT2D eigenvalue weighted by Crippen LogP contribution is 2.27. The van der Waals surface area contributed by atoms with Gasteiger partial charge in [-0.3, -0.25) is 14.0 Å². The van der Waals surface area contributed by atoms with Crippen molar-refractivity contribution in [2.24, 2.45) is 0 Å². The summed E-state index contributed by atoms with van der Waals surface area (Å²) in [5.41, 5.74) is 1.28. The first kappa shape index (κ1) is 21.2. The molecule has 1 amide bonds. The highest BCUT2D eigenvalue weighted by Gasteiger charge is 2.30. The zero-order valence-electron chi connectivity index (χ0n) is 16.3. The van der Waals surface area contributed by atoms with Crippen LogP contribution in [0.4, 0.5) is 4.39 Å². The lowest BCUT2D eigenvalue weighted by molar-refractivity contribution is -0.720. The Bertz CT molecular complexity index is 1450. The quantitative estimate of drug-likeness (QED) is 0.391. The van der Waals surface area contributed by atoms with Crippen LogP contribution in [0.5, 0.6) is 0 Å². The molecule has 0 saturated heterocycles. The summed E-state index contributed by atoms with van der Waals surface area (Å²) < 4.78 is 18.7. The number of nitrogens with zero attached hydrogens (tertiary/aromatic N) is 4. The Kier molecular flexibility index (Phi) is 5.31. The molecule has 0 spiro atoms. The van der Waals surface area contributed by atoms with Crippen molar-refractivity contribution < 1.29 is 13.8 Å². The molecule has 0 aliphatic carbocycles. The summed E-state index contributed by atoms with van der Waals surface area (Å²) in [6.45, 7) is 1.26. The van der Waals surface area contributed by atoms with Crippen LogP contribution in [-0.2, 0) is 19.5 Å². The lowest BCUT2D eigenvalue weighted by atomic mass is 10.0. The molecule has 12 heteroatoms. The van der Waals surface area contributed by atoms with Crippen LogP contribution in [0.15, 0.2) is 40.0 Å². The summed E-state index contributed by atoms with van der Waals surface area (Å²) in [6.07, 6.45) is 1.83. The molecule has 0 fully saturated rings. The average Bonchev–Trinajstić information content (AvgIpc) is 3.31. The molecule has 0 radical (unpaired) electrons. The van der Waals surface area contributed by atoms with Crippen molar-refractivity contribution in [3.8, 4) is 0 Å². The molecule has 2 N–H and O–H groups in total. The Hall–Kier alpha value is -2.69. The first-order valence-electron chi connectivity index (χ1n) is 9.61. The average molecular weight is 541 g/mol. The van der Waals surface area contributed by atoms with E-state index in [9.17, 15) is 14.0 Å². The molecule has 0 atom stereocenters. The Balaban J connectivity index is 1.46. The number of carbonyl (C=O) groups is 1. The molecule has 1 aliphatic heterocycles. The second kappa shape index (κ2) is 8.02. The summed E-state index contributed by atoms with van der Waals surface area (Å²) in [5, 5.41) is 7.42. The Morgan fingerprint density at radius 1 is 1.31 bits per heavy atom. The maximum Gasteiger partial charge on any atom is 0.344 e. The van der Waals surface area contributed by atoms with Gasteiger partial charge in [0.15, 0.2) is 0 Å². The molecular formula is C20H15BrCl2FN6O2+. The number of carbonyl (C=O) groups excluding carboxylic acids is 1. The van der Waals surface area contributed by atoms with Gasteiger partial charge in [-0.2, -0.15) is 0 Å². The molecule has 8 nitrogen and oxygen atoms in total. The van der Waals surface area contributed by atoms with Crippen molar-refractivity contribution in [3.05, 3.63) is 84.2 Å². The molecule has 4 aromatic rings. The summed E-state index contributed by atoms with van der Waals surface area (Å²) in [7, 11) is 0. The normalized spacial score (nSPS) is 13.6. The molecule has 4 heterocycles. The number of H-pyrrole nitrogens is 2. The first-order chi connectivity index (χ1) is 15.3. The van der Waals surface area contributed by atoms with Gasteiger partial charge in [-0.05, 0) is 23.8 Å². The summed E-state index contributed by atoms with van der Waals surface area (Å²) in [5.74, 6) is -0.255. The third kappa shape index (κ3) is 3.52. The molecule has 0 saturated carbocycles. The van der Waals surface area contributed by atoms with E-state index in [0.717, 1.165) is 5.82 Å². The van der Waals surface area contributed by atoms with E-state index in [1.807, 2.05) is 4.57 Å². The van der Waals surface area contributed by atoms with Crippen molar-refractivity contribution in [2.45, 2.75) is 19.5 Å². The van der Waals surface area contributed by atoms with E-state index in [4.69, 9.17) is 23.2 Å². The fraction of sp³-hybridized carbons (Fsp3) is 0.200. The van der Waals surface area contributed by atoms with Gasteiger partial charge in [-0.1, -0.05) is 29.3 Å². The van der Waals surface area contributed by atoms with Crippen molar-refractivity contribution in [1.29, 1.82) is 0 Å². The van der Waals surface area contributed by atoms with Crippen molar-refractivity contribution in [3.63, 3.8) is 0 Å². The Morgan fingerprint density at radius 3 is 2.94 bits per heavy atom. The molecule has 1 aromatic carbocycles. The topological polar surface area (TPSA) is 90.1 Å². The van der Waals surface area contributed by atoms with Crippen LogP contribution in [0.25, 0.3) is 5.52 Å². The van der Waals surface area contributed by atoms with Gasteiger partial charge in [-0.15, -0.1) is 5.10 Å². The second-order valence-electron chi connectivity index (χ2n) is 7.42. The molecule has 5 rings (SSSR count). The molecule has 1 aliphatic rings. The lowest BCUT2D eigenvalue weighted by Gasteiger charge is -2.25. The molecule has 3 aromatic heterocycles. The zero-order chi connectivity index (χ0) is 22.6. The van der Waals surface area contributed by atoms with E-state index in [1.165, 1.54) is 24.4 Å². The molecular weight excluding hydrogens is 526 g/mol. The van der Waals surface area contributed by atoms with E-state index in [2.05, 4.69) is 31.1 Å². The smallest absolute Gasteiger partial charge is 0.326 e. The van der Waals surface area contributed by atoms with Crippen LogP contribution in [0, 0.1) is 5.82 Å².